The molecule has 2 rings (SSSR count). The van der Waals surface area contributed by atoms with Gasteiger partial charge in [0.2, 0.25) is 0 Å². The van der Waals surface area contributed by atoms with Gasteiger partial charge in [0.25, 0.3) is 0 Å². The summed E-state index contributed by atoms with van der Waals surface area (Å²) in [7, 11) is 1.31. The van der Waals surface area contributed by atoms with E-state index in [1.165, 1.54) is 7.11 Å². The summed E-state index contributed by atoms with van der Waals surface area (Å²) in [6, 6.07) is 12.4. The number of ether oxygens (including phenoxy) is 1. The van der Waals surface area contributed by atoms with E-state index >= 15 is 0 Å². The molecule has 0 saturated heterocycles. The Morgan fingerprint density at radius 1 is 0.846 bits per heavy atom. The third-order valence-electron chi connectivity index (χ3n) is 4.19. The predicted octanol–water partition coefficient (Wildman–Crippen LogP) is 5.36. The molecule has 0 bridgehead atoms. The number of hydrogen-bond acceptors (Lipinski definition) is 3. The van der Waals surface area contributed by atoms with Gasteiger partial charge in [-0.3, -0.25) is 0 Å². The van der Waals surface area contributed by atoms with Crippen molar-refractivity contribution in [2.24, 2.45) is 0 Å². The van der Waals surface area contributed by atoms with E-state index in [-0.39, 0.29) is 11.8 Å². The van der Waals surface area contributed by atoms with E-state index in [1.807, 2.05) is 18.2 Å². The van der Waals surface area contributed by atoms with Gasteiger partial charge >= 0.3 is 12.0 Å². The minimum atomic E-state index is -0.494. The third kappa shape index (κ3) is 4.42. The number of anilines is 2. The molecule has 138 valence electrons. The summed E-state index contributed by atoms with van der Waals surface area (Å²) >= 11 is 0. The topological polar surface area (TPSA) is 67.4 Å². The molecule has 0 aliphatic carbocycles. The largest absolute Gasteiger partial charge is 0.465 e. The number of esters is 1. The summed E-state index contributed by atoms with van der Waals surface area (Å²) < 4.78 is 4.77. The molecule has 0 radical (unpaired) electrons. The Kier molecular flexibility index (Phi) is 6.39. The second-order valence-corrected chi connectivity index (χ2v) is 6.74. The summed E-state index contributed by atoms with van der Waals surface area (Å²) in [5.41, 5.74) is 3.70. The fraction of sp³-hybridized carbons (Fsp3) is 0.333. The molecule has 0 saturated carbocycles. The minimum Gasteiger partial charge on any atom is -0.465 e. The van der Waals surface area contributed by atoms with Crippen LogP contribution in [0.3, 0.4) is 0 Å². The standard InChI is InChI=1S/C21H26N2O3/c1-13(2)15-10-8-11-16(14(3)4)19(15)23-21(25)22-18-12-7-6-9-17(18)20(24)26-5/h6-14H,1-5H3,(H2,22,23,25). The second kappa shape index (κ2) is 8.52. The molecule has 2 amide bonds. The lowest BCUT2D eigenvalue weighted by molar-refractivity contribution is 0.0602. The molecule has 26 heavy (non-hydrogen) atoms. The molecule has 5 nitrogen and oxygen atoms in total. The highest BCUT2D eigenvalue weighted by molar-refractivity contribution is 6.05. The van der Waals surface area contributed by atoms with Crippen molar-refractivity contribution in [2.45, 2.75) is 39.5 Å². The molecule has 2 aromatic carbocycles. The summed E-state index contributed by atoms with van der Waals surface area (Å²) in [5.74, 6) is 0.0454. The van der Waals surface area contributed by atoms with E-state index in [0.717, 1.165) is 16.8 Å². The molecule has 5 heteroatoms. The molecule has 0 spiro atoms. The van der Waals surface area contributed by atoms with Crippen LogP contribution in [0.5, 0.6) is 0 Å². The van der Waals surface area contributed by atoms with Crippen LogP contribution in [-0.2, 0) is 4.74 Å². The lowest BCUT2D eigenvalue weighted by atomic mass is 9.93. The van der Waals surface area contributed by atoms with Gasteiger partial charge in [-0.2, -0.15) is 0 Å². The van der Waals surface area contributed by atoms with Crippen molar-refractivity contribution in [2.75, 3.05) is 17.7 Å². The lowest BCUT2D eigenvalue weighted by Gasteiger charge is -2.20. The van der Waals surface area contributed by atoms with Crippen LogP contribution >= 0.6 is 0 Å². The minimum absolute atomic E-state index is 0.270. The van der Waals surface area contributed by atoms with Gasteiger partial charge in [0, 0.05) is 5.69 Å². The number of urea groups is 1. The number of rotatable bonds is 5. The van der Waals surface area contributed by atoms with Crippen molar-refractivity contribution in [1.82, 2.24) is 0 Å². The maximum absolute atomic E-state index is 12.6. The molecular formula is C21H26N2O3. The fourth-order valence-electron chi connectivity index (χ4n) is 2.84. The van der Waals surface area contributed by atoms with Crippen LogP contribution in [0.1, 0.15) is 61.0 Å². The number of methoxy groups -OCH3 is 1. The van der Waals surface area contributed by atoms with Crippen LogP contribution in [0.2, 0.25) is 0 Å². The van der Waals surface area contributed by atoms with Crippen molar-refractivity contribution >= 4 is 23.4 Å². The van der Waals surface area contributed by atoms with Gasteiger partial charge in [-0.05, 0) is 35.1 Å². The van der Waals surface area contributed by atoms with Gasteiger partial charge in [0.05, 0.1) is 18.4 Å². The molecule has 2 aromatic rings. The zero-order valence-corrected chi connectivity index (χ0v) is 15.9. The molecular weight excluding hydrogens is 328 g/mol. The Balaban J connectivity index is 2.31. The summed E-state index contributed by atoms with van der Waals surface area (Å²) in [6.45, 7) is 8.37. The highest BCUT2D eigenvalue weighted by atomic mass is 16.5. The first kappa shape index (κ1) is 19.5. The normalized spacial score (nSPS) is 10.7. The van der Waals surface area contributed by atoms with Crippen molar-refractivity contribution in [3.63, 3.8) is 0 Å². The lowest BCUT2D eigenvalue weighted by Crippen LogP contribution is -2.23. The first-order chi connectivity index (χ1) is 12.3. The van der Waals surface area contributed by atoms with Crippen LogP contribution in [-0.4, -0.2) is 19.1 Å². The maximum atomic E-state index is 12.6. The van der Waals surface area contributed by atoms with Crippen molar-refractivity contribution in [3.8, 4) is 0 Å². The smallest absolute Gasteiger partial charge is 0.339 e. The molecule has 0 fully saturated rings. The average Bonchev–Trinajstić information content (AvgIpc) is 2.61. The third-order valence-corrected chi connectivity index (χ3v) is 4.19. The van der Waals surface area contributed by atoms with Gasteiger partial charge < -0.3 is 15.4 Å². The first-order valence-electron chi connectivity index (χ1n) is 8.73. The van der Waals surface area contributed by atoms with Gasteiger partial charge in [-0.1, -0.05) is 58.0 Å². The zero-order valence-electron chi connectivity index (χ0n) is 15.9. The monoisotopic (exact) mass is 354 g/mol. The summed E-state index contributed by atoms with van der Waals surface area (Å²) in [4.78, 5) is 24.5. The molecule has 0 aliphatic rings. The van der Waals surface area contributed by atoms with Crippen LogP contribution < -0.4 is 10.6 Å². The number of carbonyl (C=O) groups excluding carboxylic acids is 2. The van der Waals surface area contributed by atoms with E-state index in [0.29, 0.717) is 11.3 Å². The number of hydrogen-bond donors (Lipinski definition) is 2. The van der Waals surface area contributed by atoms with E-state index < -0.39 is 12.0 Å². The average molecular weight is 354 g/mol. The fourth-order valence-corrected chi connectivity index (χ4v) is 2.84. The van der Waals surface area contributed by atoms with E-state index in [9.17, 15) is 9.59 Å². The molecule has 2 N–H and O–H groups in total. The van der Waals surface area contributed by atoms with Gasteiger partial charge in [-0.15, -0.1) is 0 Å². The van der Waals surface area contributed by atoms with E-state index in [2.05, 4.69) is 38.3 Å². The maximum Gasteiger partial charge on any atom is 0.339 e. The second-order valence-electron chi connectivity index (χ2n) is 6.74. The number of nitrogens with one attached hydrogen (secondary N) is 2. The van der Waals surface area contributed by atoms with Gasteiger partial charge in [-0.25, -0.2) is 9.59 Å². The zero-order chi connectivity index (χ0) is 19.3. The summed E-state index contributed by atoms with van der Waals surface area (Å²) in [5, 5.41) is 5.73. The van der Waals surface area contributed by atoms with E-state index in [1.54, 1.807) is 24.3 Å². The highest BCUT2D eigenvalue weighted by Crippen LogP contribution is 2.32. The van der Waals surface area contributed by atoms with Gasteiger partial charge in [0.15, 0.2) is 0 Å². The Labute approximate surface area is 154 Å². The molecule has 0 aromatic heterocycles. The Bertz CT molecular complexity index is 771. The Morgan fingerprint density at radius 2 is 1.42 bits per heavy atom. The van der Waals surface area contributed by atoms with E-state index in [4.69, 9.17) is 4.74 Å². The number of carbonyl (C=O) groups is 2. The first-order valence-corrected chi connectivity index (χ1v) is 8.73. The van der Waals surface area contributed by atoms with Crippen LogP contribution in [0.4, 0.5) is 16.2 Å². The SMILES string of the molecule is COC(=O)c1ccccc1NC(=O)Nc1c(C(C)C)cccc1C(C)C. The Morgan fingerprint density at radius 3 is 1.96 bits per heavy atom. The number of amides is 2. The van der Waals surface area contributed by atoms with Crippen LogP contribution in [0, 0.1) is 0 Å². The van der Waals surface area contributed by atoms with Crippen LogP contribution in [0.25, 0.3) is 0 Å². The van der Waals surface area contributed by atoms with Crippen LogP contribution in [0.15, 0.2) is 42.5 Å². The molecule has 0 aliphatic heterocycles. The number of benzene rings is 2. The quantitative estimate of drug-likeness (QED) is 0.710. The van der Waals surface area contributed by atoms with Crippen molar-refractivity contribution < 1.29 is 14.3 Å². The van der Waals surface area contributed by atoms with Crippen molar-refractivity contribution in [3.05, 3.63) is 59.2 Å². The summed E-state index contributed by atoms with van der Waals surface area (Å²) in [6.07, 6.45) is 0. The molecule has 0 unspecified atom stereocenters. The number of para-hydroxylation sites is 2. The predicted molar refractivity (Wildman–Crippen MR) is 105 cm³/mol. The highest BCUT2D eigenvalue weighted by Gasteiger charge is 2.17. The van der Waals surface area contributed by atoms with Crippen molar-refractivity contribution in [1.29, 1.82) is 0 Å². The Hall–Kier alpha value is -2.82. The molecule has 0 atom stereocenters. The van der Waals surface area contributed by atoms with Gasteiger partial charge in [0.1, 0.15) is 0 Å². The molecule has 0 heterocycles.